The largest absolute Gasteiger partial charge is 0.493 e. The Morgan fingerprint density at radius 2 is 1.93 bits per heavy atom. The maximum atomic E-state index is 12.4. The second-order valence-electron chi connectivity index (χ2n) is 6.66. The molecule has 7 heteroatoms. The first-order valence-electron chi connectivity index (χ1n) is 9.48. The standard InChI is InChI=1S/C22H24F2N2O3/c1-28-20-14-16(8-10-19(20)29-22(23)24)9-11-21(27)25-15-17-6-2-3-7-18(17)26-12-4-5-13-26/h2-3,6-11,14,22H,4-5,12-13,15H2,1H3,(H,25,27). The fraction of sp³-hybridized carbons (Fsp3) is 0.318. The predicted octanol–water partition coefficient (Wildman–Crippen LogP) is 4.23. The number of hydrogen-bond acceptors (Lipinski definition) is 4. The number of nitrogens with one attached hydrogen (secondary N) is 1. The Bertz CT molecular complexity index is 865. The van der Waals surface area contributed by atoms with Gasteiger partial charge in [0.15, 0.2) is 11.5 Å². The minimum absolute atomic E-state index is 0.0531. The van der Waals surface area contributed by atoms with Crippen LogP contribution in [0.1, 0.15) is 24.0 Å². The smallest absolute Gasteiger partial charge is 0.387 e. The van der Waals surface area contributed by atoms with Crippen molar-refractivity contribution >= 4 is 17.7 Å². The third-order valence-electron chi connectivity index (χ3n) is 4.72. The van der Waals surface area contributed by atoms with E-state index in [4.69, 9.17) is 4.74 Å². The Morgan fingerprint density at radius 3 is 2.66 bits per heavy atom. The number of amides is 1. The van der Waals surface area contributed by atoms with E-state index in [1.54, 1.807) is 12.1 Å². The number of methoxy groups -OCH3 is 1. The summed E-state index contributed by atoms with van der Waals surface area (Å²) in [5.74, 6) is -0.122. The third kappa shape index (κ3) is 5.70. The van der Waals surface area contributed by atoms with Crippen molar-refractivity contribution in [2.45, 2.75) is 26.0 Å². The molecular formula is C22H24F2N2O3. The van der Waals surface area contributed by atoms with Gasteiger partial charge in [-0.3, -0.25) is 4.79 Å². The number of hydrogen-bond donors (Lipinski definition) is 1. The minimum Gasteiger partial charge on any atom is -0.493 e. The summed E-state index contributed by atoms with van der Waals surface area (Å²) in [7, 11) is 1.37. The molecule has 1 N–H and O–H groups in total. The van der Waals surface area contributed by atoms with Gasteiger partial charge in [-0.15, -0.1) is 0 Å². The van der Waals surface area contributed by atoms with Crippen LogP contribution in [0, 0.1) is 0 Å². The van der Waals surface area contributed by atoms with Crippen molar-refractivity contribution in [2.75, 3.05) is 25.1 Å². The number of nitrogens with zero attached hydrogens (tertiary/aromatic N) is 1. The highest BCUT2D eigenvalue weighted by Crippen LogP contribution is 2.30. The molecule has 0 unspecified atom stereocenters. The lowest BCUT2D eigenvalue weighted by molar-refractivity contribution is -0.116. The van der Waals surface area contributed by atoms with Crippen molar-refractivity contribution in [3.8, 4) is 11.5 Å². The van der Waals surface area contributed by atoms with Crippen molar-refractivity contribution in [2.24, 2.45) is 0 Å². The third-order valence-corrected chi connectivity index (χ3v) is 4.72. The molecule has 29 heavy (non-hydrogen) atoms. The van der Waals surface area contributed by atoms with Gasteiger partial charge in [0.25, 0.3) is 0 Å². The fourth-order valence-electron chi connectivity index (χ4n) is 3.32. The number of ether oxygens (including phenoxy) is 2. The highest BCUT2D eigenvalue weighted by molar-refractivity contribution is 5.91. The molecule has 1 saturated heterocycles. The van der Waals surface area contributed by atoms with Gasteiger partial charge >= 0.3 is 6.61 Å². The number of halogens is 2. The Morgan fingerprint density at radius 1 is 1.17 bits per heavy atom. The molecule has 3 rings (SSSR count). The summed E-state index contributed by atoms with van der Waals surface area (Å²) in [5, 5.41) is 2.89. The Kier molecular flexibility index (Phi) is 7.05. The van der Waals surface area contributed by atoms with Crippen LogP contribution in [-0.4, -0.2) is 32.7 Å². The number of anilines is 1. The lowest BCUT2D eigenvalue weighted by Crippen LogP contribution is -2.24. The van der Waals surface area contributed by atoms with E-state index in [0.717, 1.165) is 24.3 Å². The number of alkyl halides is 2. The highest BCUT2D eigenvalue weighted by Gasteiger charge is 2.15. The number of carbonyl (C=O) groups excluding carboxylic acids is 1. The van der Waals surface area contributed by atoms with Crippen molar-refractivity contribution in [1.82, 2.24) is 5.32 Å². The van der Waals surface area contributed by atoms with E-state index in [0.29, 0.717) is 12.1 Å². The van der Waals surface area contributed by atoms with Gasteiger partial charge in [-0.05, 0) is 48.2 Å². The molecule has 0 spiro atoms. The van der Waals surface area contributed by atoms with Gasteiger partial charge in [-0.1, -0.05) is 24.3 Å². The molecule has 0 radical (unpaired) electrons. The zero-order chi connectivity index (χ0) is 20.6. The zero-order valence-electron chi connectivity index (χ0n) is 16.2. The second kappa shape index (κ2) is 9.91. The van der Waals surface area contributed by atoms with Crippen LogP contribution in [0.2, 0.25) is 0 Å². The van der Waals surface area contributed by atoms with E-state index >= 15 is 0 Å². The quantitative estimate of drug-likeness (QED) is 0.672. The maximum Gasteiger partial charge on any atom is 0.387 e. The summed E-state index contributed by atoms with van der Waals surface area (Å²) in [6.07, 6.45) is 5.37. The van der Waals surface area contributed by atoms with Gasteiger partial charge in [-0.25, -0.2) is 0 Å². The van der Waals surface area contributed by atoms with Gasteiger partial charge in [0, 0.05) is 31.4 Å². The summed E-state index contributed by atoms with van der Waals surface area (Å²) in [6, 6.07) is 12.6. The topological polar surface area (TPSA) is 50.8 Å². The van der Waals surface area contributed by atoms with E-state index in [1.807, 2.05) is 18.2 Å². The second-order valence-corrected chi connectivity index (χ2v) is 6.66. The average Bonchev–Trinajstić information content (AvgIpc) is 3.26. The minimum atomic E-state index is -2.93. The van der Waals surface area contributed by atoms with Crippen LogP contribution in [-0.2, 0) is 11.3 Å². The van der Waals surface area contributed by atoms with Crippen LogP contribution in [0.3, 0.4) is 0 Å². The van der Waals surface area contributed by atoms with Crippen molar-refractivity contribution in [3.05, 3.63) is 59.7 Å². The van der Waals surface area contributed by atoms with E-state index in [9.17, 15) is 13.6 Å². The first-order valence-corrected chi connectivity index (χ1v) is 9.48. The number of rotatable bonds is 8. The molecule has 2 aromatic rings. The Labute approximate surface area is 168 Å². The van der Waals surface area contributed by atoms with Crippen LogP contribution >= 0.6 is 0 Å². The van der Waals surface area contributed by atoms with Crippen LogP contribution in [0.25, 0.3) is 6.08 Å². The van der Waals surface area contributed by atoms with E-state index in [2.05, 4.69) is 21.0 Å². The average molecular weight is 402 g/mol. The molecule has 2 aromatic carbocycles. The molecule has 1 heterocycles. The van der Waals surface area contributed by atoms with E-state index < -0.39 is 6.61 Å². The molecule has 0 aromatic heterocycles. The summed E-state index contributed by atoms with van der Waals surface area (Å²) >= 11 is 0. The van der Waals surface area contributed by atoms with Crippen molar-refractivity contribution in [3.63, 3.8) is 0 Å². The molecule has 0 saturated carbocycles. The molecule has 1 fully saturated rings. The maximum absolute atomic E-state index is 12.4. The van der Waals surface area contributed by atoms with Gasteiger partial charge in [0.05, 0.1) is 7.11 Å². The molecule has 0 atom stereocenters. The number of carbonyl (C=O) groups is 1. The SMILES string of the molecule is COc1cc(C=CC(=O)NCc2ccccc2N2CCCC2)ccc1OC(F)F. The summed E-state index contributed by atoms with van der Waals surface area (Å²) in [5.41, 5.74) is 2.87. The number of benzene rings is 2. The van der Waals surface area contributed by atoms with E-state index in [-0.39, 0.29) is 17.4 Å². The highest BCUT2D eigenvalue weighted by atomic mass is 19.3. The predicted molar refractivity (Wildman–Crippen MR) is 108 cm³/mol. The molecule has 1 aliphatic rings. The monoisotopic (exact) mass is 402 g/mol. The van der Waals surface area contributed by atoms with Crippen molar-refractivity contribution in [1.29, 1.82) is 0 Å². The molecule has 5 nitrogen and oxygen atoms in total. The van der Waals surface area contributed by atoms with Crippen LogP contribution in [0.5, 0.6) is 11.5 Å². The zero-order valence-corrected chi connectivity index (χ0v) is 16.2. The molecular weight excluding hydrogens is 378 g/mol. The van der Waals surface area contributed by atoms with Gasteiger partial charge < -0.3 is 19.7 Å². The summed E-state index contributed by atoms with van der Waals surface area (Å²) in [4.78, 5) is 14.6. The molecule has 1 amide bonds. The normalized spacial score (nSPS) is 13.9. The van der Waals surface area contributed by atoms with E-state index in [1.165, 1.54) is 38.2 Å². The van der Waals surface area contributed by atoms with Gasteiger partial charge in [0.1, 0.15) is 0 Å². The Balaban J connectivity index is 1.61. The first-order chi connectivity index (χ1) is 14.1. The molecule has 0 aliphatic carbocycles. The fourth-order valence-corrected chi connectivity index (χ4v) is 3.32. The van der Waals surface area contributed by atoms with Crippen molar-refractivity contribution < 1.29 is 23.0 Å². The van der Waals surface area contributed by atoms with Crippen LogP contribution in [0.4, 0.5) is 14.5 Å². The van der Waals surface area contributed by atoms with Crippen LogP contribution in [0.15, 0.2) is 48.5 Å². The molecule has 154 valence electrons. The van der Waals surface area contributed by atoms with Gasteiger partial charge in [0.2, 0.25) is 5.91 Å². The lowest BCUT2D eigenvalue weighted by atomic mass is 10.1. The Hall–Kier alpha value is -3.09. The molecule has 1 aliphatic heterocycles. The van der Waals surface area contributed by atoms with Crippen LogP contribution < -0.4 is 19.7 Å². The summed E-state index contributed by atoms with van der Waals surface area (Å²) in [6.45, 7) is -0.421. The number of para-hydroxylation sites is 1. The lowest BCUT2D eigenvalue weighted by Gasteiger charge is -2.21. The first kappa shape index (κ1) is 20.6. The molecule has 0 bridgehead atoms. The van der Waals surface area contributed by atoms with Gasteiger partial charge in [-0.2, -0.15) is 8.78 Å². The summed E-state index contributed by atoms with van der Waals surface area (Å²) < 4.78 is 34.2.